The molecule has 1 aliphatic rings. The minimum absolute atomic E-state index is 0.0705. The predicted molar refractivity (Wildman–Crippen MR) is 72.3 cm³/mol. The zero-order valence-corrected chi connectivity index (χ0v) is 12.0. The van der Waals surface area contributed by atoms with E-state index in [-0.39, 0.29) is 11.7 Å². The fraction of sp³-hybridized carbons (Fsp3) is 0.615. The molecule has 0 aromatic carbocycles. The fourth-order valence-corrected chi connectivity index (χ4v) is 2.70. The first-order chi connectivity index (χ1) is 8.09. The zero-order chi connectivity index (χ0) is 12.3. The smallest absolute Gasteiger partial charge is 0.0806 e. The Hall–Kier alpha value is -0.450. The van der Waals surface area contributed by atoms with Crippen molar-refractivity contribution in [2.45, 2.75) is 32.1 Å². The molecule has 1 aromatic heterocycles. The number of rotatable bonds is 3. The van der Waals surface area contributed by atoms with E-state index in [4.69, 9.17) is 4.74 Å². The number of hydrogen-bond donors (Lipinski definition) is 0. The van der Waals surface area contributed by atoms with Crippen LogP contribution in [0.1, 0.15) is 19.4 Å². The molecule has 3 nitrogen and oxygen atoms in total. The van der Waals surface area contributed by atoms with Crippen molar-refractivity contribution >= 4 is 15.9 Å². The van der Waals surface area contributed by atoms with Crippen molar-refractivity contribution in [3.8, 4) is 0 Å². The van der Waals surface area contributed by atoms with Crippen LogP contribution in [0.25, 0.3) is 0 Å². The van der Waals surface area contributed by atoms with Crippen LogP contribution in [0.3, 0.4) is 0 Å². The Morgan fingerprint density at radius 2 is 2.41 bits per heavy atom. The molecule has 1 saturated heterocycles. The molecule has 0 N–H and O–H groups in total. The molecule has 4 heteroatoms. The molecule has 0 spiro atoms. The maximum atomic E-state index is 5.99. The molecule has 0 radical (unpaired) electrons. The average molecular weight is 299 g/mol. The summed E-state index contributed by atoms with van der Waals surface area (Å²) in [6.07, 6.45) is 4.02. The molecular formula is C13H19BrN2O. The highest BCUT2D eigenvalue weighted by Crippen LogP contribution is 2.23. The van der Waals surface area contributed by atoms with Gasteiger partial charge in [-0.25, -0.2) is 0 Å². The summed E-state index contributed by atoms with van der Waals surface area (Å²) in [6.45, 7) is 7.19. The monoisotopic (exact) mass is 298 g/mol. The van der Waals surface area contributed by atoms with Crippen LogP contribution in [-0.2, 0) is 11.3 Å². The summed E-state index contributed by atoms with van der Waals surface area (Å²) in [5, 5.41) is 0.889. The molecule has 94 valence electrons. The van der Waals surface area contributed by atoms with Crippen LogP contribution >= 0.6 is 15.9 Å². The molecule has 0 bridgehead atoms. The summed E-state index contributed by atoms with van der Waals surface area (Å²) in [7, 11) is 0. The molecule has 0 amide bonds. The number of pyridine rings is 1. The van der Waals surface area contributed by atoms with Gasteiger partial charge in [0.2, 0.25) is 0 Å². The molecule has 2 heterocycles. The largest absolute Gasteiger partial charge is 0.369 e. The van der Waals surface area contributed by atoms with Crippen LogP contribution < -0.4 is 0 Å². The number of ether oxygens (including phenoxy) is 1. The van der Waals surface area contributed by atoms with Crippen LogP contribution in [0.5, 0.6) is 0 Å². The molecule has 1 aromatic rings. The van der Waals surface area contributed by atoms with E-state index < -0.39 is 0 Å². The van der Waals surface area contributed by atoms with Gasteiger partial charge in [0.15, 0.2) is 0 Å². The van der Waals surface area contributed by atoms with E-state index in [0.29, 0.717) is 0 Å². The lowest BCUT2D eigenvalue weighted by Crippen LogP contribution is -2.52. The van der Waals surface area contributed by atoms with Crippen LogP contribution in [0, 0.1) is 0 Å². The van der Waals surface area contributed by atoms with Crippen molar-refractivity contribution in [2.24, 2.45) is 0 Å². The molecule has 1 atom stereocenters. The number of alkyl halides is 1. The second-order valence-electron chi connectivity index (χ2n) is 5.18. The van der Waals surface area contributed by atoms with E-state index in [0.717, 1.165) is 25.0 Å². The average Bonchev–Trinajstić information content (AvgIpc) is 2.28. The minimum atomic E-state index is -0.0705. The van der Waals surface area contributed by atoms with Gasteiger partial charge in [0, 0.05) is 37.4 Å². The topological polar surface area (TPSA) is 25.4 Å². The van der Waals surface area contributed by atoms with Gasteiger partial charge in [-0.1, -0.05) is 22.0 Å². The van der Waals surface area contributed by atoms with E-state index in [9.17, 15) is 0 Å². The first-order valence-electron chi connectivity index (χ1n) is 5.94. The third-order valence-electron chi connectivity index (χ3n) is 2.85. The van der Waals surface area contributed by atoms with Crippen molar-refractivity contribution in [1.29, 1.82) is 0 Å². The number of morpholine rings is 1. The summed E-state index contributed by atoms with van der Waals surface area (Å²) >= 11 is 3.51. The highest BCUT2D eigenvalue weighted by Gasteiger charge is 2.32. The van der Waals surface area contributed by atoms with Gasteiger partial charge in [-0.3, -0.25) is 9.88 Å². The van der Waals surface area contributed by atoms with E-state index in [2.05, 4.69) is 45.7 Å². The van der Waals surface area contributed by atoms with Gasteiger partial charge < -0.3 is 4.74 Å². The third-order valence-corrected chi connectivity index (χ3v) is 3.58. The molecule has 0 saturated carbocycles. The van der Waals surface area contributed by atoms with E-state index in [1.54, 1.807) is 0 Å². The lowest BCUT2D eigenvalue weighted by atomic mass is 10.0. The second kappa shape index (κ2) is 5.46. The van der Waals surface area contributed by atoms with Crippen LogP contribution in [0.15, 0.2) is 24.5 Å². The van der Waals surface area contributed by atoms with Crippen LogP contribution in [0.2, 0.25) is 0 Å². The Bertz CT molecular complexity index is 356. The number of halogens is 1. The first kappa shape index (κ1) is 13.0. The fourth-order valence-electron chi connectivity index (χ4n) is 2.37. The maximum absolute atomic E-state index is 5.99. The maximum Gasteiger partial charge on any atom is 0.0806 e. The van der Waals surface area contributed by atoms with Gasteiger partial charge in [-0.2, -0.15) is 0 Å². The first-order valence-corrected chi connectivity index (χ1v) is 7.06. The predicted octanol–water partition coefficient (Wildman–Crippen LogP) is 2.46. The van der Waals surface area contributed by atoms with Gasteiger partial charge in [-0.15, -0.1) is 0 Å². The van der Waals surface area contributed by atoms with Crippen molar-refractivity contribution in [1.82, 2.24) is 9.88 Å². The lowest BCUT2D eigenvalue weighted by Gasteiger charge is -2.42. The quantitative estimate of drug-likeness (QED) is 0.802. The summed E-state index contributed by atoms with van der Waals surface area (Å²) in [4.78, 5) is 6.60. The molecule has 1 aliphatic heterocycles. The molecular weight excluding hydrogens is 280 g/mol. The van der Waals surface area contributed by atoms with Crippen molar-refractivity contribution in [3.05, 3.63) is 30.1 Å². The van der Waals surface area contributed by atoms with E-state index in [1.807, 2.05) is 18.5 Å². The van der Waals surface area contributed by atoms with Gasteiger partial charge in [-0.05, 0) is 25.5 Å². The van der Waals surface area contributed by atoms with E-state index in [1.165, 1.54) is 5.56 Å². The van der Waals surface area contributed by atoms with Gasteiger partial charge in [0.1, 0.15) is 0 Å². The second-order valence-corrected chi connectivity index (χ2v) is 5.83. The Morgan fingerprint density at radius 3 is 3.06 bits per heavy atom. The Morgan fingerprint density at radius 1 is 1.59 bits per heavy atom. The van der Waals surface area contributed by atoms with Crippen LogP contribution in [0.4, 0.5) is 0 Å². The number of hydrogen-bond acceptors (Lipinski definition) is 3. The van der Waals surface area contributed by atoms with Crippen molar-refractivity contribution in [2.75, 3.05) is 18.4 Å². The molecule has 2 rings (SSSR count). The lowest BCUT2D eigenvalue weighted by molar-refractivity contribution is -0.128. The molecule has 0 aliphatic carbocycles. The SMILES string of the molecule is CC1(C)CN(Cc2cccnc2)CC(CBr)O1. The standard InChI is InChI=1S/C13H19BrN2O/c1-13(2)10-16(9-12(6-14)17-13)8-11-4-3-5-15-7-11/h3-5,7,12H,6,8-10H2,1-2H3. The Kier molecular flexibility index (Phi) is 4.17. The van der Waals surface area contributed by atoms with Crippen molar-refractivity contribution < 1.29 is 4.74 Å². The summed E-state index contributed by atoms with van der Waals surface area (Å²) in [5.74, 6) is 0. The summed E-state index contributed by atoms with van der Waals surface area (Å²) < 4.78 is 5.99. The Labute approximate surface area is 111 Å². The normalized spacial score (nSPS) is 24.8. The third kappa shape index (κ3) is 3.76. The van der Waals surface area contributed by atoms with Gasteiger partial charge in [0.25, 0.3) is 0 Å². The highest BCUT2D eigenvalue weighted by molar-refractivity contribution is 9.09. The highest BCUT2D eigenvalue weighted by atomic mass is 79.9. The zero-order valence-electron chi connectivity index (χ0n) is 10.4. The van der Waals surface area contributed by atoms with E-state index >= 15 is 0 Å². The van der Waals surface area contributed by atoms with Gasteiger partial charge >= 0.3 is 0 Å². The minimum Gasteiger partial charge on any atom is -0.369 e. The van der Waals surface area contributed by atoms with Crippen LogP contribution in [-0.4, -0.2) is 40.0 Å². The Balaban J connectivity index is 2.01. The summed E-state index contributed by atoms with van der Waals surface area (Å²) in [6, 6.07) is 4.11. The molecule has 1 fully saturated rings. The molecule has 1 unspecified atom stereocenters. The summed E-state index contributed by atoms with van der Waals surface area (Å²) in [5.41, 5.74) is 1.19. The number of nitrogens with zero attached hydrogens (tertiary/aromatic N) is 2. The van der Waals surface area contributed by atoms with Gasteiger partial charge in [0.05, 0.1) is 11.7 Å². The molecule has 17 heavy (non-hydrogen) atoms. The van der Waals surface area contributed by atoms with Crippen molar-refractivity contribution in [3.63, 3.8) is 0 Å². The number of aromatic nitrogens is 1.